The van der Waals surface area contributed by atoms with E-state index in [9.17, 15) is 12.8 Å². The molecule has 0 saturated heterocycles. The number of furan rings is 1. The average Bonchev–Trinajstić information content (AvgIpc) is 2.80. The zero-order valence-electron chi connectivity index (χ0n) is 10.1. The Kier molecular flexibility index (Phi) is 4.59. The third kappa shape index (κ3) is 3.45. The summed E-state index contributed by atoms with van der Waals surface area (Å²) < 4.78 is 44.3. The van der Waals surface area contributed by atoms with Crippen molar-refractivity contribution in [3.8, 4) is 0 Å². The van der Waals surface area contributed by atoms with E-state index in [2.05, 4.69) is 20.7 Å². The Labute approximate surface area is 123 Å². The van der Waals surface area contributed by atoms with E-state index in [4.69, 9.17) is 9.52 Å². The van der Waals surface area contributed by atoms with Crippen molar-refractivity contribution in [2.75, 3.05) is 0 Å². The van der Waals surface area contributed by atoms with Crippen molar-refractivity contribution in [1.82, 2.24) is 4.72 Å². The molecule has 1 aromatic heterocycles. The van der Waals surface area contributed by atoms with Crippen molar-refractivity contribution >= 4 is 26.0 Å². The minimum Gasteiger partial charge on any atom is -0.450 e. The fraction of sp³-hybridized carbons (Fsp3) is 0.167. The molecule has 1 heterocycles. The molecule has 2 rings (SSSR count). The lowest BCUT2D eigenvalue weighted by Gasteiger charge is -2.05. The van der Waals surface area contributed by atoms with Crippen LogP contribution < -0.4 is 4.72 Å². The van der Waals surface area contributed by atoms with Gasteiger partial charge in [0.1, 0.15) is 23.1 Å². The van der Waals surface area contributed by atoms with Gasteiger partial charge in [-0.15, -0.1) is 0 Å². The molecule has 0 aliphatic heterocycles. The van der Waals surface area contributed by atoms with Gasteiger partial charge >= 0.3 is 0 Å². The van der Waals surface area contributed by atoms with Crippen LogP contribution >= 0.6 is 15.9 Å². The second-order valence-electron chi connectivity index (χ2n) is 3.96. The maximum absolute atomic E-state index is 12.7. The predicted molar refractivity (Wildman–Crippen MR) is 72.8 cm³/mol. The van der Waals surface area contributed by atoms with Crippen LogP contribution in [0.2, 0.25) is 0 Å². The van der Waals surface area contributed by atoms with Crippen molar-refractivity contribution in [1.29, 1.82) is 0 Å². The summed E-state index contributed by atoms with van der Waals surface area (Å²) in [6, 6.07) is 6.71. The van der Waals surface area contributed by atoms with E-state index in [0.29, 0.717) is 5.56 Å². The molecule has 0 aliphatic rings. The molecule has 0 atom stereocenters. The van der Waals surface area contributed by atoms with Gasteiger partial charge in [-0.05, 0) is 33.6 Å². The highest BCUT2D eigenvalue weighted by molar-refractivity contribution is 9.10. The Bertz CT molecular complexity index is 697. The number of halogens is 2. The molecule has 0 fully saturated rings. The second kappa shape index (κ2) is 6.04. The maximum atomic E-state index is 12.7. The molecule has 2 aromatic rings. The number of sulfonamides is 1. The molecule has 0 amide bonds. The molecule has 20 heavy (non-hydrogen) atoms. The van der Waals surface area contributed by atoms with Crippen molar-refractivity contribution in [2.24, 2.45) is 0 Å². The lowest BCUT2D eigenvalue weighted by Crippen LogP contribution is -2.23. The molecule has 0 aliphatic carbocycles. The van der Waals surface area contributed by atoms with Crippen molar-refractivity contribution in [3.63, 3.8) is 0 Å². The molecule has 5 nitrogen and oxygen atoms in total. The smallest absolute Gasteiger partial charge is 0.245 e. The molecule has 0 unspecified atom stereocenters. The third-order valence-electron chi connectivity index (χ3n) is 2.53. The Morgan fingerprint density at radius 3 is 2.50 bits per heavy atom. The molecular formula is C12H11BrFNO4S. The number of benzene rings is 1. The first-order chi connectivity index (χ1) is 9.42. The molecule has 108 valence electrons. The van der Waals surface area contributed by atoms with Crippen LogP contribution in [0.3, 0.4) is 0 Å². The quantitative estimate of drug-likeness (QED) is 0.852. The summed E-state index contributed by atoms with van der Waals surface area (Å²) in [5.74, 6) is -0.249. The summed E-state index contributed by atoms with van der Waals surface area (Å²) in [5.41, 5.74) is 0.622. The molecule has 0 bridgehead atoms. The fourth-order valence-electron chi connectivity index (χ4n) is 1.52. The number of aliphatic hydroxyl groups excluding tert-OH is 1. The van der Waals surface area contributed by atoms with Crippen molar-refractivity contribution in [2.45, 2.75) is 18.0 Å². The lowest BCUT2D eigenvalue weighted by molar-refractivity contribution is 0.245. The van der Waals surface area contributed by atoms with E-state index in [1.807, 2.05) is 0 Å². The summed E-state index contributed by atoms with van der Waals surface area (Å²) in [4.78, 5) is -0.0938. The fourth-order valence-corrected chi connectivity index (χ4v) is 3.53. The highest BCUT2D eigenvalue weighted by atomic mass is 79.9. The Morgan fingerprint density at radius 1 is 1.30 bits per heavy atom. The molecule has 8 heteroatoms. The van der Waals surface area contributed by atoms with Crippen LogP contribution in [0.4, 0.5) is 4.39 Å². The first-order valence-corrected chi connectivity index (χ1v) is 7.83. The Hall–Kier alpha value is -1.22. The summed E-state index contributed by atoms with van der Waals surface area (Å²) in [7, 11) is -3.78. The maximum Gasteiger partial charge on any atom is 0.245 e. The van der Waals surface area contributed by atoms with Gasteiger partial charge in [0.2, 0.25) is 10.0 Å². The third-order valence-corrected chi connectivity index (χ3v) is 4.79. The van der Waals surface area contributed by atoms with Gasteiger partial charge in [0.15, 0.2) is 4.67 Å². The molecule has 0 spiro atoms. The summed E-state index contributed by atoms with van der Waals surface area (Å²) in [5, 5.41) is 8.91. The topological polar surface area (TPSA) is 79.5 Å². The highest BCUT2D eigenvalue weighted by Gasteiger charge is 2.22. The standard InChI is InChI=1S/C12H11BrFNO4S/c13-12-11(5-10(7-16)19-12)20(17,18)15-6-8-1-3-9(14)4-2-8/h1-5,15-16H,6-7H2. The molecular weight excluding hydrogens is 353 g/mol. The largest absolute Gasteiger partial charge is 0.450 e. The minimum atomic E-state index is -3.78. The van der Waals surface area contributed by atoms with E-state index in [1.165, 1.54) is 30.3 Å². The van der Waals surface area contributed by atoms with Crippen molar-refractivity contribution in [3.05, 3.63) is 52.1 Å². The monoisotopic (exact) mass is 363 g/mol. The van der Waals surface area contributed by atoms with Crippen molar-refractivity contribution < 1.29 is 22.3 Å². The van der Waals surface area contributed by atoms with Gasteiger partial charge in [-0.1, -0.05) is 12.1 Å². The summed E-state index contributed by atoms with van der Waals surface area (Å²) in [6.07, 6.45) is 0. The first kappa shape index (κ1) is 15.2. The zero-order chi connectivity index (χ0) is 14.8. The zero-order valence-corrected chi connectivity index (χ0v) is 12.5. The van der Waals surface area contributed by atoms with Gasteiger partial charge in [0.05, 0.1) is 0 Å². The van der Waals surface area contributed by atoms with Crippen LogP contribution in [0.15, 0.2) is 44.3 Å². The van der Waals surface area contributed by atoms with E-state index in [1.54, 1.807) is 0 Å². The number of hydrogen-bond acceptors (Lipinski definition) is 4. The van der Waals surface area contributed by atoms with Crippen LogP contribution in [0.25, 0.3) is 0 Å². The van der Waals surface area contributed by atoms with Crippen LogP contribution in [-0.4, -0.2) is 13.5 Å². The first-order valence-electron chi connectivity index (χ1n) is 5.55. The van der Waals surface area contributed by atoms with Gasteiger partial charge in [-0.2, -0.15) is 0 Å². The van der Waals surface area contributed by atoms with Crippen LogP contribution in [-0.2, 0) is 23.2 Å². The SMILES string of the molecule is O=S(=O)(NCc1ccc(F)cc1)c1cc(CO)oc1Br. The van der Waals surface area contributed by atoms with E-state index >= 15 is 0 Å². The van der Waals surface area contributed by atoms with E-state index in [-0.39, 0.29) is 27.7 Å². The normalized spacial score (nSPS) is 11.8. The minimum absolute atomic E-state index is 0.0214. The van der Waals surface area contributed by atoms with Gasteiger partial charge < -0.3 is 9.52 Å². The molecule has 2 N–H and O–H groups in total. The number of aliphatic hydroxyl groups is 1. The lowest BCUT2D eigenvalue weighted by atomic mass is 10.2. The van der Waals surface area contributed by atoms with Gasteiger partial charge in [-0.25, -0.2) is 17.5 Å². The second-order valence-corrected chi connectivity index (χ2v) is 6.42. The van der Waals surface area contributed by atoms with E-state index < -0.39 is 16.6 Å². The molecule has 1 aromatic carbocycles. The van der Waals surface area contributed by atoms with Gasteiger partial charge in [0, 0.05) is 12.6 Å². The summed E-state index contributed by atoms with van der Waals surface area (Å²) in [6.45, 7) is -0.374. The van der Waals surface area contributed by atoms with Crippen LogP contribution in [0, 0.1) is 5.82 Å². The van der Waals surface area contributed by atoms with Crippen LogP contribution in [0.1, 0.15) is 11.3 Å². The number of rotatable bonds is 5. The predicted octanol–water partition coefficient (Wildman–Crippen LogP) is 2.15. The van der Waals surface area contributed by atoms with Gasteiger partial charge in [0.25, 0.3) is 0 Å². The number of hydrogen-bond donors (Lipinski definition) is 2. The molecule has 0 radical (unpaired) electrons. The van der Waals surface area contributed by atoms with Gasteiger partial charge in [-0.3, -0.25) is 0 Å². The highest BCUT2D eigenvalue weighted by Crippen LogP contribution is 2.26. The van der Waals surface area contributed by atoms with E-state index in [0.717, 1.165) is 0 Å². The average molecular weight is 364 g/mol. The van der Waals surface area contributed by atoms with Crippen LogP contribution in [0.5, 0.6) is 0 Å². The molecule has 0 saturated carbocycles. The number of nitrogens with one attached hydrogen (secondary N) is 1. The Morgan fingerprint density at radius 2 is 1.95 bits per heavy atom. The Balaban J connectivity index is 2.14. The summed E-state index contributed by atoms with van der Waals surface area (Å²) >= 11 is 2.98.